The van der Waals surface area contributed by atoms with Crippen LogP contribution in [-0.4, -0.2) is 42.5 Å². The van der Waals surface area contributed by atoms with E-state index in [1.807, 2.05) is 30.3 Å². The maximum Gasteiger partial charge on any atom is 0.309 e. The van der Waals surface area contributed by atoms with Crippen molar-refractivity contribution < 1.29 is 22.4 Å². The van der Waals surface area contributed by atoms with Crippen LogP contribution in [0.1, 0.15) is 25.7 Å². The molecule has 0 N–H and O–H groups in total. The number of oxazole rings is 1. The van der Waals surface area contributed by atoms with Crippen LogP contribution in [0.25, 0.3) is 11.3 Å². The Balaban J connectivity index is 1.50. The highest BCUT2D eigenvalue weighted by atomic mass is 32.2. The monoisotopic (exact) mass is 378 g/mol. The van der Waals surface area contributed by atoms with Crippen LogP contribution in [0.4, 0.5) is 0 Å². The van der Waals surface area contributed by atoms with Crippen LogP contribution in [0.5, 0.6) is 0 Å². The third kappa shape index (κ3) is 4.31. The summed E-state index contributed by atoms with van der Waals surface area (Å²) in [5, 5.41) is 0. The molecule has 1 aliphatic rings. The molecule has 0 atom stereocenters. The average Bonchev–Trinajstić information content (AvgIpc) is 3.16. The van der Waals surface area contributed by atoms with Crippen LogP contribution < -0.4 is 0 Å². The van der Waals surface area contributed by atoms with Gasteiger partial charge in [-0.15, -0.1) is 0 Å². The summed E-state index contributed by atoms with van der Waals surface area (Å²) in [7, 11) is -3.19. The van der Waals surface area contributed by atoms with E-state index >= 15 is 0 Å². The minimum Gasteiger partial charge on any atom is -0.455 e. The van der Waals surface area contributed by atoms with Gasteiger partial charge in [0.05, 0.1) is 17.9 Å². The molecule has 1 aromatic carbocycles. The van der Waals surface area contributed by atoms with E-state index in [-0.39, 0.29) is 24.2 Å². The second kappa shape index (κ2) is 8.01. The van der Waals surface area contributed by atoms with E-state index in [2.05, 4.69) is 4.98 Å². The first-order valence-electron chi connectivity index (χ1n) is 8.64. The van der Waals surface area contributed by atoms with Crippen molar-refractivity contribution in [2.24, 2.45) is 5.92 Å². The molecular formula is C18H22N2O5S. The fraction of sp³-hybridized carbons (Fsp3) is 0.444. The molecule has 0 aliphatic carbocycles. The van der Waals surface area contributed by atoms with E-state index in [1.165, 1.54) is 4.31 Å². The number of carbonyl (C=O) groups is 1. The molecule has 0 radical (unpaired) electrons. The van der Waals surface area contributed by atoms with Gasteiger partial charge in [0.25, 0.3) is 0 Å². The minimum absolute atomic E-state index is 0.0286. The lowest BCUT2D eigenvalue weighted by molar-refractivity contribution is -0.151. The van der Waals surface area contributed by atoms with E-state index in [4.69, 9.17) is 9.15 Å². The van der Waals surface area contributed by atoms with Crippen molar-refractivity contribution in [2.45, 2.75) is 26.4 Å². The second-order valence-corrected chi connectivity index (χ2v) is 8.42. The molecule has 140 valence electrons. The first kappa shape index (κ1) is 18.6. The number of ether oxygens (including phenoxy) is 1. The standard InChI is InChI=1S/C18H22N2O5S/c1-2-26(22,23)20-10-8-15(9-11-20)18(21)24-13-17-19-12-16(25-17)14-6-4-3-5-7-14/h3-7,12,15H,2,8-11,13H2,1H3. The van der Waals surface area contributed by atoms with Crippen LogP contribution in [0.3, 0.4) is 0 Å². The van der Waals surface area contributed by atoms with Crippen LogP contribution in [0.15, 0.2) is 40.9 Å². The molecule has 0 bridgehead atoms. The molecule has 0 amide bonds. The van der Waals surface area contributed by atoms with Gasteiger partial charge in [-0.3, -0.25) is 4.79 Å². The van der Waals surface area contributed by atoms with Gasteiger partial charge in [-0.25, -0.2) is 17.7 Å². The van der Waals surface area contributed by atoms with Crippen molar-refractivity contribution in [3.63, 3.8) is 0 Å². The first-order chi connectivity index (χ1) is 12.5. The summed E-state index contributed by atoms with van der Waals surface area (Å²) in [5.74, 6) is 0.411. The van der Waals surface area contributed by atoms with Gasteiger partial charge in [-0.05, 0) is 19.8 Å². The third-order valence-corrected chi connectivity index (χ3v) is 6.38. The molecule has 2 heterocycles. The predicted octanol–water partition coefficient (Wildman–Crippen LogP) is 2.45. The van der Waals surface area contributed by atoms with Crippen LogP contribution in [0, 0.1) is 5.92 Å². The summed E-state index contributed by atoms with van der Waals surface area (Å²) in [4.78, 5) is 16.3. The minimum atomic E-state index is -3.19. The van der Waals surface area contributed by atoms with E-state index in [0.717, 1.165) is 5.56 Å². The highest BCUT2D eigenvalue weighted by Gasteiger charge is 2.31. The van der Waals surface area contributed by atoms with Gasteiger partial charge in [0, 0.05) is 18.7 Å². The Morgan fingerprint density at radius 2 is 1.96 bits per heavy atom. The summed E-state index contributed by atoms with van der Waals surface area (Å²) in [6.07, 6.45) is 2.55. The zero-order valence-corrected chi connectivity index (χ0v) is 15.4. The Morgan fingerprint density at radius 1 is 1.27 bits per heavy atom. The van der Waals surface area contributed by atoms with Gasteiger partial charge in [0.2, 0.25) is 15.9 Å². The average molecular weight is 378 g/mol. The molecule has 0 saturated carbocycles. The van der Waals surface area contributed by atoms with Gasteiger partial charge in [0.1, 0.15) is 0 Å². The van der Waals surface area contributed by atoms with E-state index < -0.39 is 10.0 Å². The first-order valence-corrected chi connectivity index (χ1v) is 10.2. The Bertz CT molecular complexity index is 839. The van der Waals surface area contributed by atoms with Gasteiger partial charge in [0.15, 0.2) is 12.4 Å². The number of sulfonamides is 1. The number of hydrogen-bond acceptors (Lipinski definition) is 6. The highest BCUT2D eigenvalue weighted by molar-refractivity contribution is 7.89. The molecule has 0 unspecified atom stereocenters. The number of nitrogens with zero attached hydrogens (tertiary/aromatic N) is 2. The number of benzene rings is 1. The lowest BCUT2D eigenvalue weighted by atomic mass is 9.98. The van der Waals surface area contributed by atoms with Gasteiger partial charge in [-0.1, -0.05) is 30.3 Å². The summed E-state index contributed by atoms with van der Waals surface area (Å²) < 4.78 is 36.1. The van der Waals surface area contributed by atoms with Crippen LogP contribution in [0.2, 0.25) is 0 Å². The van der Waals surface area contributed by atoms with Crippen LogP contribution >= 0.6 is 0 Å². The van der Waals surface area contributed by atoms with Crippen molar-refractivity contribution in [3.05, 3.63) is 42.4 Å². The topological polar surface area (TPSA) is 89.7 Å². The van der Waals surface area contributed by atoms with Gasteiger partial charge >= 0.3 is 5.97 Å². The Morgan fingerprint density at radius 3 is 2.62 bits per heavy atom. The molecule has 7 nitrogen and oxygen atoms in total. The maximum atomic E-state index is 12.2. The number of aromatic nitrogens is 1. The number of rotatable bonds is 6. The maximum absolute atomic E-state index is 12.2. The second-order valence-electron chi connectivity index (χ2n) is 6.17. The Labute approximate surface area is 153 Å². The smallest absolute Gasteiger partial charge is 0.309 e. The molecule has 0 spiro atoms. The zero-order valence-electron chi connectivity index (χ0n) is 14.6. The van der Waals surface area contributed by atoms with E-state index in [0.29, 0.717) is 37.6 Å². The van der Waals surface area contributed by atoms with E-state index in [9.17, 15) is 13.2 Å². The molecule has 1 saturated heterocycles. The lowest BCUT2D eigenvalue weighted by Crippen LogP contribution is -2.41. The van der Waals surface area contributed by atoms with Crippen molar-refractivity contribution in [1.29, 1.82) is 0 Å². The van der Waals surface area contributed by atoms with Crippen molar-refractivity contribution in [1.82, 2.24) is 9.29 Å². The third-order valence-electron chi connectivity index (χ3n) is 4.50. The normalized spacial score (nSPS) is 16.5. The zero-order chi connectivity index (χ0) is 18.6. The quantitative estimate of drug-likeness (QED) is 0.717. The summed E-state index contributed by atoms with van der Waals surface area (Å²) >= 11 is 0. The summed E-state index contributed by atoms with van der Waals surface area (Å²) in [6.45, 7) is 2.30. The molecule has 1 fully saturated rings. The fourth-order valence-electron chi connectivity index (χ4n) is 2.92. The molecule has 1 aromatic heterocycles. The van der Waals surface area contributed by atoms with Crippen molar-refractivity contribution in [3.8, 4) is 11.3 Å². The summed E-state index contributed by atoms with van der Waals surface area (Å²) in [6, 6.07) is 9.55. The SMILES string of the molecule is CCS(=O)(=O)N1CCC(C(=O)OCc2ncc(-c3ccccc3)o2)CC1. The summed E-state index contributed by atoms with van der Waals surface area (Å²) in [5.41, 5.74) is 0.905. The Hall–Kier alpha value is -2.19. The largest absolute Gasteiger partial charge is 0.455 e. The molecule has 2 aromatic rings. The molecular weight excluding hydrogens is 356 g/mol. The van der Waals surface area contributed by atoms with Crippen molar-refractivity contribution >= 4 is 16.0 Å². The van der Waals surface area contributed by atoms with Gasteiger partial charge < -0.3 is 9.15 Å². The molecule has 3 rings (SSSR count). The number of piperidine rings is 1. The number of esters is 1. The lowest BCUT2D eigenvalue weighted by Gasteiger charge is -2.29. The highest BCUT2D eigenvalue weighted by Crippen LogP contribution is 2.23. The molecule has 26 heavy (non-hydrogen) atoms. The van der Waals surface area contributed by atoms with Crippen LogP contribution in [-0.2, 0) is 26.2 Å². The fourth-order valence-corrected chi connectivity index (χ4v) is 4.05. The van der Waals surface area contributed by atoms with Gasteiger partial charge in [-0.2, -0.15) is 0 Å². The molecule has 8 heteroatoms. The Kier molecular flexibility index (Phi) is 5.73. The van der Waals surface area contributed by atoms with Crippen molar-refractivity contribution in [2.75, 3.05) is 18.8 Å². The predicted molar refractivity (Wildman–Crippen MR) is 95.5 cm³/mol. The van der Waals surface area contributed by atoms with E-state index in [1.54, 1.807) is 13.1 Å². The number of carbonyl (C=O) groups excluding carboxylic acids is 1. The molecule has 1 aliphatic heterocycles. The number of hydrogen-bond donors (Lipinski definition) is 0.